The monoisotopic (exact) mass is 162 g/mol. The summed E-state index contributed by atoms with van der Waals surface area (Å²) in [5, 5.41) is 0. The molecule has 1 aliphatic carbocycles. The quantitative estimate of drug-likeness (QED) is 0.538. The lowest BCUT2D eigenvalue weighted by molar-refractivity contribution is 0.711. The van der Waals surface area contributed by atoms with Crippen LogP contribution in [0.1, 0.15) is 39.5 Å². The molecule has 0 spiro atoms. The van der Waals surface area contributed by atoms with Gasteiger partial charge in [0.15, 0.2) is 0 Å². The van der Waals surface area contributed by atoms with Crippen molar-refractivity contribution >= 4 is 0 Å². The summed E-state index contributed by atoms with van der Waals surface area (Å²) < 4.78 is 0. The van der Waals surface area contributed by atoms with E-state index >= 15 is 0 Å². The van der Waals surface area contributed by atoms with Gasteiger partial charge in [-0.1, -0.05) is 35.5 Å². The van der Waals surface area contributed by atoms with E-state index in [1.165, 1.54) is 36.8 Å². The van der Waals surface area contributed by atoms with Gasteiger partial charge in [-0.15, -0.1) is 0 Å². The molecule has 0 aromatic carbocycles. The fourth-order valence-corrected chi connectivity index (χ4v) is 1.60. The lowest BCUT2D eigenvalue weighted by Crippen LogP contribution is -1.88. The van der Waals surface area contributed by atoms with E-state index in [2.05, 4.69) is 38.2 Å². The highest BCUT2D eigenvalue weighted by molar-refractivity contribution is 5.29. The first-order chi connectivity index (χ1) is 5.83. The molecule has 1 aliphatic rings. The predicted molar refractivity (Wildman–Crippen MR) is 55.1 cm³/mol. The lowest BCUT2D eigenvalue weighted by Gasteiger charge is -2.08. The second-order valence-electron chi connectivity index (χ2n) is 3.41. The minimum Gasteiger partial charge on any atom is -0.0874 e. The Morgan fingerprint density at radius 1 is 1.42 bits per heavy atom. The zero-order valence-electron chi connectivity index (χ0n) is 8.14. The van der Waals surface area contributed by atoms with Gasteiger partial charge < -0.3 is 0 Å². The molecule has 0 radical (unpaired) electrons. The molecule has 66 valence electrons. The SMILES string of the molecule is C/C=C/C(C)=C/C1=CCCCC1. The van der Waals surface area contributed by atoms with E-state index in [-0.39, 0.29) is 0 Å². The molecule has 0 bridgehead atoms. The standard InChI is InChI=1S/C12H18/c1-3-7-11(2)10-12-8-5-4-6-9-12/h3,7-8,10H,4-6,9H2,1-2H3/b7-3+,11-10+. The zero-order chi connectivity index (χ0) is 8.81. The fraction of sp³-hybridized carbons (Fsp3) is 0.500. The second-order valence-corrected chi connectivity index (χ2v) is 3.41. The van der Waals surface area contributed by atoms with E-state index < -0.39 is 0 Å². The first kappa shape index (κ1) is 9.31. The van der Waals surface area contributed by atoms with Crippen LogP contribution in [0.2, 0.25) is 0 Å². The number of hydrogen-bond acceptors (Lipinski definition) is 0. The van der Waals surface area contributed by atoms with Crippen molar-refractivity contribution in [2.75, 3.05) is 0 Å². The van der Waals surface area contributed by atoms with E-state index in [1.807, 2.05) is 0 Å². The van der Waals surface area contributed by atoms with Crippen molar-refractivity contribution in [3.8, 4) is 0 Å². The molecule has 0 aromatic heterocycles. The van der Waals surface area contributed by atoms with Gasteiger partial charge in [0.05, 0.1) is 0 Å². The highest BCUT2D eigenvalue weighted by Gasteiger charge is 1.99. The van der Waals surface area contributed by atoms with Gasteiger partial charge in [0.1, 0.15) is 0 Å². The van der Waals surface area contributed by atoms with Gasteiger partial charge in [-0.3, -0.25) is 0 Å². The average molecular weight is 162 g/mol. The molecule has 12 heavy (non-hydrogen) atoms. The lowest BCUT2D eigenvalue weighted by atomic mass is 9.98. The van der Waals surface area contributed by atoms with Crippen molar-refractivity contribution in [1.82, 2.24) is 0 Å². The minimum absolute atomic E-state index is 1.27. The van der Waals surface area contributed by atoms with Crippen LogP contribution >= 0.6 is 0 Å². The molecule has 0 N–H and O–H groups in total. The molecule has 0 amide bonds. The van der Waals surface area contributed by atoms with Gasteiger partial charge in [-0.2, -0.15) is 0 Å². The Balaban J connectivity index is 2.58. The molecular formula is C12H18. The van der Waals surface area contributed by atoms with Crippen molar-refractivity contribution in [3.63, 3.8) is 0 Å². The first-order valence-electron chi connectivity index (χ1n) is 4.83. The molecule has 0 fully saturated rings. The van der Waals surface area contributed by atoms with Crippen LogP contribution in [-0.2, 0) is 0 Å². The molecule has 0 saturated heterocycles. The van der Waals surface area contributed by atoms with Crippen molar-refractivity contribution < 1.29 is 0 Å². The smallest absolute Gasteiger partial charge is 0.0282 e. The maximum atomic E-state index is 2.37. The summed E-state index contributed by atoms with van der Waals surface area (Å²) in [6.07, 6.45) is 14.2. The molecule has 0 saturated carbocycles. The molecule has 0 nitrogen and oxygen atoms in total. The van der Waals surface area contributed by atoms with Crippen LogP contribution in [0.15, 0.2) is 35.5 Å². The van der Waals surface area contributed by atoms with Gasteiger partial charge in [0, 0.05) is 0 Å². The molecule has 0 aromatic rings. The molecule has 0 aliphatic heterocycles. The van der Waals surface area contributed by atoms with Crippen molar-refractivity contribution in [1.29, 1.82) is 0 Å². The van der Waals surface area contributed by atoms with Crippen LogP contribution in [0.3, 0.4) is 0 Å². The minimum atomic E-state index is 1.27. The third-order valence-corrected chi connectivity index (χ3v) is 2.17. The van der Waals surface area contributed by atoms with E-state index in [4.69, 9.17) is 0 Å². The number of allylic oxidation sites excluding steroid dienone is 6. The van der Waals surface area contributed by atoms with Crippen molar-refractivity contribution in [3.05, 3.63) is 35.5 Å². The summed E-state index contributed by atoms with van der Waals surface area (Å²) in [7, 11) is 0. The van der Waals surface area contributed by atoms with Crippen LogP contribution in [0.4, 0.5) is 0 Å². The molecule has 1 rings (SSSR count). The van der Waals surface area contributed by atoms with E-state index in [0.29, 0.717) is 0 Å². The molecule has 0 unspecified atom stereocenters. The number of rotatable bonds is 2. The summed E-state index contributed by atoms with van der Waals surface area (Å²) in [6.45, 7) is 4.22. The highest BCUT2D eigenvalue weighted by Crippen LogP contribution is 2.19. The second kappa shape index (κ2) is 4.97. The van der Waals surface area contributed by atoms with Crippen LogP contribution in [0.5, 0.6) is 0 Å². The maximum Gasteiger partial charge on any atom is -0.0282 e. The van der Waals surface area contributed by atoms with Crippen LogP contribution in [-0.4, -0.2) is 0 Å². The Hall–Kier alpha value is -0.780. The largest absolute Gasteiger partial charge is 0.0874 e. The van der Waals surface area contributed by atoms with E-state index in [1.54, 1.807) is 0 Å². The third kappa shape index (κ3) is 3.08. The van der Waals surface area contributed by atoms with E-state index in [9.17, 15) is 0 Å². The summed E-state index contributed by atoms with van der Waals surface area (Å²) >= 11 is 0. The summed E-state index contributed by atoms with van der Waals surface area (Å²) in [5.41, 5.74) is 2.89. The average Bonchev–Trinajstić information content (AvgIpc) is 2.06. The van der Waals surface area contributed by atoms with Gasteiger partial charge >= 0.3 is 0 Å². The maximum absolute atomic E-state index is 2.37. The predicted octanol–water partition coefficient (Wildman–Crippen LogP) is 4.01. The van der Waals surface area contributed by atoms with Gasteiger partial charge in [0.2, 0.25) is 0 Å². The Bertz CT molecular complexity index is 216. The van der Waals surface area contributed by atoms with Crippen LogP contribution in [0, 0.1) is 0 Å². The van der Waals surface area contributed by atoms with Crippen molar-refractivity contribution in [2.45, 2.75) is 39.5 Å². The van der Waals surface area contributed by atoms with Gasteiger partial charge in [-0.25, -0.2) is 0 Å². The van der Waals surface area contributed by atoms with Crippen LogP contribution in [0.25, 0.3) is 0 Å². The van der Waals surface area contributed by atoms with E-state index in [0.717, 1.165) is 0 Å². The molecule has 0 heteroatoms. The Kier molecular flexibility index (Phi) is 3.86. The summed E-state index contributed by atoms with van der Waals surface area (Å²) in [4.78, 5) is 0. The first-order valence-corrected chi connectivity index (χ1v) is 4.83. The van der Waals surface area contributed by atoms with Gasteiger partial charge in [-0.05, 0) is 39.5 Å². The third-order valence-electron chi connectivity index (χ3n) is 2.17. The topological polar surface area (TPSA) is 0 Å². The Labute approximate surface area is 75.7 Å². The highest BCUT2D eigenvalue weighted by atomic mass is 14.1. The molecular weight excluding hydrogens is 144 g/mol. The van der Waals surface area contributed by atoms with Crippen LogP contribution < -0.4 is 0 Å². The van der Waals surface area contributed by atoms with Gasteiger partial charge in [0.25, 0.3) is 0 Å². The Morgan fingerprint density at radius 2 is 2.25 bits per heavy atom. The normalized spacial score (nSPS) is 19.8. The molecule has 0 heterocycles. The molecule has 0 atom stereocenters. The zero-order valence-corrected chi connectivity index (χ0v) is 8.14. The summed E-state index contributed by atoms with van der Waals surface area (Å²) in [6, 6.07) is 0. The number of hydrogen-bond donors (Lipinski definition) is 0. The summed E-state index contributed by atoms with van der Waals surface area (Å²) in [5.74, 6) is 0. The Morgan fingerprint density at radius 3 is 2.83 bits per heavy atom. The van der Waals surface area contributed by atoms with Crippen molar-refractivity contribution in [2.24, 2.45) is 0 Å². The fourth-order valence-electron chi connectivity index (χ4n) is 1.60.